The number of rotatable bonds is 4. The second kappa shape index (κ2) is 6.32. The van der Waals surface area contributed by atoms with E-state index in [0.29, 0.717) is 13.1 Å². The van der Waals surface area contributed by atoms with E-state index < -0.39 is 10.0 Å². The van der Waals surface area contributed by atoms with Crippen LogP contribution in [0.5, 0.6) is 0 Å². The van der Waals surface area contributed by atoms with E-state index in [1.807, 2.05) is 30.3 Å². The van der Waals surface area contributed by atoms with Gasteiger partial charge in [-0.2, -0.15) is 4.31 Å². The molecule has 0 saturated carbocycles. The van der Waals surface area contributed by atoms with Crippen molar-refractivity contribution in [2.75, 3.05) is 13.1 Å². The third kappa shape index (κ3) is 2.99. The second-order valence-corrected chi connectivity index (χ2v) is 7.67. The molecule has 0 bridgehead atoms. The van der Waals surface area contributed by atoms with Crippen LogP contribution in [0.4, 0.5) is 0 Å². The largest absolute Gasteiger partial charge is 0.329 e. The summed E-state index contributed by atoms with van der Waals surface area (Å²) in [5.74, 6) is -0.0160. The highest BCUT2D eigenvalue weighted by Gasteiger charge is 2.31. The number of benzene rings is 1. The maximum absolute atomic E-state index is 12.8. The smallest absolute Gasteiger partial charge is 0.218 e. The normalized spacial score (nSPS) is 20.3. The van der Waals surface area contributed by atoms with Gasteiger partial charge in [0.2, 0.25) is 10.0 Å². The lowest BCUT2D eigenvalue weighted by molar-refractivity contribution is 0.257. The van der Waals surface area contributed by atoms with Crippen molar-refractivity contribution in [3.8, 4) is 0 Å². The Morgan fingerprint density at radius 1 is 1.23 bits per heavy atom. The molecule has 5 nitrogen and oxygen atoms in total. The number of hydrogen-bond acceptors (Lipinski definition) is 4. The number of nitrogens with two attached hydrogens (primary N) is 1. The highest BCUT2D eigenvalue weighted by Crippen LogP contribution is 2.24. The number of pyridine rings is 1. The number of nitrogens with zero attached hydrogens (tertiary/aromatic N) is 2. The minimum absolute atomic E-state index is 0.0160. The zero-order chi connectivity index (χ0) is 15.6. The van der Waals surface area contributed by atoms with Crippen molar-refractivity contribution in [1.29, 1.82) is 0 Å². The minimum atomic E-state index is -3.38. The third-order valence-electron chi connectivity index (χ3n) is 4.26. The Balaban J connectivity index is 1.93. The molecule has 2 N–H and O–H groups in total. The Labute approximate surface area is 131 Å². The van der Waals surface area contributed by atoms with Crippen molar-refractivity contribution in [2.24, 2.45) is 5.73 Å². The first-order valence-electron chi connectivity index (χ1n) is 7.64. The van der Waals surface area contributed by atoms with Gasteiger partial charge in [0.1, 0.15) is 0 Å². The van der Waals surface area contributed by atoms with E-state index in [9.17, 15) is 8.42 Å². The van der Waals surface area contributed by atoms with Crippen LogP contribution in [0.25, 0.3) is 10.9 Å². The summed E-state index contributed by atoms with van der Waals surface area (Å²) in [6, 6.07) is 9.40. The van der Waals surface area contributed by atoms with Crippen LogP contribution in [0, 0.1) is 0 Å². The van der Waals surface area contributed by atoms with Crippen LogP contribution < -0.4 is 5.73 Å². The van der Waals surface area contributed by atoms with Gasteiger partial charge in [-0.25, -0.2) is 8.42 Å². The SMILES string of the molecule is NCC1CCCCN1S(=O)(=O)Cc1cccc2cccnc12. The number of sulfonamides is 1. The van der Waals surface area contributed by atoms with Crippen molar-refractivity contribution < 1.29 is 8.42 Å². The van der Waals surface area contributed by atoms with Gasteiger partial charge in [0, 0.05) is 30.7 Å². The molecule has 6 heteroatoms. The van der Waals surface area contributed by atoms with Gasteiger partial charge in [0.25, 0.3) is 0 Å². The summed E-state index contributed by atoms with van der Waals surface area (Å²) in [7, 11) is -3.38. The molecule has 2 heterocycles. The summed E-state index contributed by atoms with van der Waals surface area (Å²) >= 11 is 0. The first kappa shape index (κ1) is 15.4. The van der Waals surface area contributed by atoms with Crippen molar-refractivity contribution in [2.45, 2.75) is 31.1 Å². The molecule has 1 saturated heterocycles. The molecule has 1 fully saturated rings. The lowest BCUT2D eigenvalue weighted by atomic mass is 10.1. The van der Waals surface area contributed by atoms with Crippen molar-refractivity contribution in [1.82, 2.24) is 9.29 Å². The van der Waals surface area contributed by atoms with Crippen LogP contribution in [-0.2, 0) is 15.8 Å². The van der Waals surface area contributed by atoms with E-state index >= 15 is 0 Å². The lowest BCUT2D eigenvalue weighted by Crippen LogP contribution is -2.47. The monoisotopic (exact) mass is 319 g/mol. The highest BCUT2D eigenvalue weighted by molar-refractivity contribution is 7.88. The summed E-state index contributed by atoms with van der Waals surface area (Å²) < 4.78 is 27.2. The molecule has 1 aromatic heterocycles. The van der Waals surface area contributed by atoms with E-state index in [2.05, 4.69) is 4.98 Å². The zero-order valence-corrected chi connectivity index (χ0v) is 13.3. The van der Waals surface area contributed by atoms with Gasteiger partial charge in [-0.1, -0.05) is 30.7 Å². The fourth-order valence-electron chi connectivity index (χ4n) is 3.14. The lowest BCUT2D eigenvalue weighted by Gasteiger charge is -2.34. The highest BCUT2D eigenvalue weighted by atomic mass is 32.2. The summed E-state index contributed by atoms with van der Waals surface area (Å²) in [4.78, 5) is 4.34. The molecule has 0 aliphatic carbocycles. The molecule has 0 radical (unpaired) electrons. The Morgan fingerprint density at radius 2 is 2.05 bits per heavy atom. The fraction of sp³-hybridized carbons (Fsp3) is 0.438. The third-order valence-corrected chi connectivity index (χ3v) is 6.13. The number of fused-ring (bicyclic) bond motifs is 1. The summed E-state index contributed by atoms with van der Waals surface area (Å²) in [5, 5.41) is 0.962. The van der Waals surface area contributed by atoms with Gasteiger partial charge in [0.15, 0.2) is 0 Å². The molecular weight excluding hydrogens is 298 g/mol. The first-order chi connectivity index (χ1) is 10.6. The average molecular weight is 319 g/mol. The van der Waals surface area contributed by atoms with Crippen molar-refractivity contribution >= 4 is 20.9 Å². The van der Waals surface area contributed by atoms with Crippen LogP contribution in [0.1, 0.15) is 24.8 Å². The van der Waals surface area contributed by atoms with Crippen LogP contribution in [-0.4, -0.2) is 36.8 Å². The molecule has 1 aliphatic heterocycles. The van der Waals surface area contributed by atoms with Crippen molar-refractivity contribution in [3.63, 3.8) is 0 Å². The number of para-hydroxylation sites is 1. The molecule has 1 unspecified atom stereocenters. The topological polar surface area (TPSA) is 76.3 Å². The second-order valence-electron chi connectivity index (χ2n) is 5.74. The predicted molar refractivity (Wildman–Crippen MR) is 87.8 cm³/mol. The fourth-order valence-corrected chi connectivity index (χ4v) is 4.98. The minimum Gasteiger partial charge on any atom is -0.329 e. The quantitative estimate of drug-likeness (QED) is 0.933. The van der Waals surface area contributed by atoms with Gasteiger partial charge < -0.3 is 5.73 Å². The summed E-state index contributed by atoms with van der Waals surface area (Å²) in [6.45, 7) is 0.954. The Kier molecular flexibility index (Phi) is 4.42. The van der Waals surface area contributed by atoms with E-state index in [-0.39, 0.29) is 11.8 Å². The number of hydrogen-bond donors (Lipinski definition) is 1. The molecular formula is C16H21N3O2S. The number of piperidine rings is 1. The summed E-state index contributed by atoms with van der Waals surface area (Å²) in [6.07, 6.45) is 4.50. The van der Waals surface area contributed by atoms with E-state index in [4.69, 9.17) is 5.73 Å². The summed E-state index contributed by atoms with van der Waals surface area (Å²) in [5.41, 5.74) is 7.26. The van der Waals surface area contributed by atoms with Gasteiger partial charge >= 0.3 is 0 Å². The molecule has 1 atom stereocenters. The van der Waals surface area contributed by atoms with E-state index in [1.165, 1.54) is 0 Å². The number of aromatic nitrogens is 1. The zero-order valence-electron chi connectivity index (χ0n) is 12.5. The van der Waals surface area contributed by atoms with E-state index in [1.54, 1.807) is 10.5 Å². The Morgan fingerprint density at radius 3 is 2.86 bits per heavy atom. The maximum atomic E-state index is 12.8. The predicted octanol–water partition coefficient (Wildman–Crippen LogP) is 1.88. The van der Waals surface area contributed by atoms with Crippen molar-refractivity contribution in [3.05, 3.63) is 42.1 Å². The molecule has 0 spiro atoms. The van der Waals surface area contributed by atoms with Gasteiger partial charge in [0.05, 0.1) is 11.3 Å². The van der Waals surface area contributed by atoms with Gasteiger partial charge in [-0.3, -0.25) is 4.98 Å². The first-order valence-corrected chi connectivity index (χ1v) is 9.25. The maximum Gasteiger partial charge on any atom is 0.218 e. The molecule has 118 valence electrons. The van der Waals surface area contributed by atoms with Crippen LogP contribution in [0.3, 0.4) is 0 Å². The molecule has 2 aromatic rings. The molecule has 1 aliphatic rings. The Hall–Kier alpha value is -1.50. The van der Waals surface area contributed by atoms with Gasteiger partial charge in [-0.05, 0) is 24.5 Å². The van der Waals surface area contributed by atoms with E-state index in [0.717, 1.165) is 35.7 Å². The van der Waals surface area contributed by atoms with Crippen LogP contribution >= 0.6 is 0 Å². The van der Waals surface area contributed by atoms with Crippen LogP contribution in [0.2, 0.25) is 0 Å². The Bertz CT molecular complexity index is 756. The molecule has 3 rings (SSSR count). The molecule has 1 aromatic carbocycles. The van der Waals surface area contributed by atoms with Gasteiger partial charge in [-0.15, -0.1) is 0 Å². The molecule has 22 heavy (non-hydrogen) atoms. The molecule has 0 amide bonds. The standard InChI is InChI=1S/C16H21N3O2S/c17-11-15-8-1-2-10-19(15)22(20,21)12-14-6-3-5-13-7-4-9-18-16(13)14/h3-7,9,15H,1-2,8,10-12,17H2. The average Bonchev–Trinajstić information content (AvgIpc) is 2.55. The van der Waals surface area contributed by atoms with Crippen LogP contribution in [0.15, 0.2) is 36.5 Å².